The number of aromatic amines is 1. The molecule has 0 unspecified atom stereocenters. The lowest BCUT2D eigenvalue weighted by molar-refractivity contribution is 0.0925. The topological polar surface area (TPSA) is 123 Å². The number of pyridine rings is 1. The molecular formula is C16H15N5O3. The second kappa shape index (κ2) is 5.65. The number of aryl methyl sites for hydroxylation is 1. The smallest absolute Gasteiger partial charge is 0.273 e. The molecule has 24 heavy (non-hydrogen) atoms. The maximum absolute atomic E-state index is 12.2. The summed E-state index contributed by atoms with van der Waals surface area (Å²) in [5.74, 6) is -0.719. The van der Waals surface area contributed by atoms with E-state index >= 15 is 0 Å². The van der Waals surface area contributed by atoms with Gasteiger partial charge in [-0.3, -0.25) is 14.4 Å². The Morgan fingerprint density at radius 2 is 1.92 bits per heavy atom. The first-order valence-electron chi connectivity index (χ1n) is 7.17. The van der Waals surface area contributed by atoms with Gasteiger partial charge in [-0.1, -0.05) is 17.7 Å². The standard InChI is InChI=1S/C16H15N5O3/c1-8-3-5-10(6-4-8)15(23)18-12-7-11-13(17)20-21(9(2)22)14(11)19-16(12)24/h3-7H,1-2H3,(H2,17,20)(H,18,23)(H,19,24). The molecule has 0 aliphatic carbocycles. The van der Waals surface area contributed by atoms with Crippen molar-refractivity contribution >= 4 is 34.4 Å². The Hall–Kier alpha value is -3.42. The van der Waals surface area contributed by atoms with Crippen LogP contribution in [0.15, 0.2) is 35.1 Å². The Bertz CT molecular complexity index is 1010. The van der Waals surface area contributed by atoms with Gasteiger partial charge in [0, 0.05) is 12.5 Å². The third kappa shape index (κ3) is 2.65. The second-order valence-electron chi connectivity index (χ2n) is 5.41. The molecule has 1 aromatic carbocycles. The number of hydrogen-bond acceptors (Lipinski definition) is 5. The first-order valence-corrected chi connectivity index (χ1v) is 7.17. The van der Waals surface area contributed by atoms with Gasteiger partial charge in [-0.25, -0.2) is 0 Å². The van der Waals surface area contributed by atoms with Crippen LogP contribution in [-0.2, 0) is 0 Å². The van der Waals surface area contributed by atoms with Crippen LogP contribution in [0.25, 0.3) is 11.0 Å². The second-order valence-corrected chi connectivity index (χ2v) is 5.41. The fourth-order valence-electron chi connectivity index (χ4n) is 2.31. The van der Waals surface area contributed by atoms with Crippen molar-refractivity contribution in [1.82, 2.24) is 14.8 Å². The quantitative estimate of drug-likeness (QED) is 0.659. The highest BCUT2D eigenvalue weighted by Crippen LogP contribution is 2.20. The Labute approximate surface area is 136 Å². The van der Waals surface area contributed by atoms with E-state index in [1.54, 1.807) is 24.3 Å². The molecule has 2 aromatic heterocycles. The van der Waals surface area contributed by atoms with E-state index < -0.39 is 11.5 Å². The van der Waals surface area contributed by atoms with Crippen molar-refractivity contribution in [2.75, 3.05) is 11.1 Å². The van der Waals surface area contributed by atoms with Crippen LogP contribution >= 0.6 is 0 Å². The molecule has 8 nitrogen and oxygen atoms in total. The van der Waals surface area contributed by atoms with Crippen molar-refractivity contribution in [2.24, 2.45) is 0 Å². The van der Waals surface area contributed by atoms with E-state index in [0.29, 0.717) is 10.9 Å². The van der Waals surface area contributed by atoms with E-state index in [0.717, 1.165) is 10.2 Å². The average Bonchev–Trinajstić information content (AvgIpc) is 2.85. The lowest BCUT2D eigenvalue weighted by atomic mass is 10.1. The number of benzene rings is 1. The molecule has 122 valence electrons. The van der Waals surface area contributed by atoms with Crippen LogP contribution < -0.4 is 16.6 Å². The molecule has 0 atom stereocenters. The summed E-state index contributed by atoms with van der Waals surface area (Å²) in [6.07, 6.45) is 0. The molecule has 3 rings (SSSR count). The zero-order valence-electron chi connectivity index (χ0n) is 13.1. The molecule has 0 bridgehead atoms. The number of nitrogens with two attached hydrogens (primary N) is 1. The van der Waals surface area contributed by atoms with Crippen molar-refractivity contribution < 1.29 is 9.59 Å². The van der Waals surface area contributed by atoms with Gasteiger partial charge in [0.15, 0.2) is 5.82 Å². The van der Waals surface area contributed by atoms with E-state index in [1.807, 2.05) is 6.92 Å². The maximum Gasteiger partial charge on any atom is 0.273 e. The number of fused-ring (bicyclic) bond motifs is 1. The number of carbonyl (C=O) groups excluding carboxylic acids is 2. The number of H-pyrrole nitrogens is 1. The lowest BCUT2D eigenvalue weighted by Crippen LogP contribution is -2.20. The van der Waals surface area contributed by atoms with E-state index in [-0.39, 0.29) is 23.1 Å². The number of amides is 1. The Kier molecular flexibility index (Phi) is 3.64. The van der Waals surface area contributed by atoms with Crippen LogP contribution in [0.1, 0.15) is 27.6 Å². The van der Waals surface area contributed by atoms with Gasteiger partial charge in [0.1, 0.15) is 11.3 Å². The Morgan fingerprint density at radius 1 is 1.25 bits per heavy atom. The van der Waals surface area contributed by atoms with E-state index in [1.165, 1.54) is 13.0 Å². The van der Waals surface area contributed by atoms with Crippen LogP contribution in [0.4, 0.5) is 11.5 Å². The fraction of sp³-hybridized carbons (Fsp3) is 0.125. The van der Waals surface area contributed by atoms with E-state index in [9.17, 15) is 14.4 Å². The van der Waals surface area contributed by atoms with E-state index in [2.05, 4.69) is 15.4 Å². The Morgan fingerprint density at radius 3 is 2.54 bits per heavy atom. The molecule has 4 N–H and O–H groups in total. The summed E-state index contributed by atoms with van der Waals surface area (Å²) in [5.41, 5.74) is 6.89. The van der Waals surface area contributed by atoms with Crippen molar-refractivity contribution in [3.05, 3.63) is 51.8 Å². The highest BCUT2D eigenvalue weighted by Gasteiger charge is 2.16. The summed E-state index contributed by atoms with van der Waals surface area (Å²) in [6.45, 7) is 3.22. The molecule has 0 saturated heterocycles. The normalized spacial score (nSPS) is 10.8. The first kappa shape index (κ1) is 15.5. The summed E-state index contributed by atoms with van der Waals surface area (Å²) in [4.78, 5) is 38.5. The number of aromatic nitrogens is 3. The van der Waals surface area contributed by atoms with Gasteiger partial charge in [0.2, 0.25) is 5.91 Å². The number of nitrogens with zero attached hydrogens (tertiary/aromatic N) is 2. The number of anilines is 2. The van der Waals surface area contributed by atoms with Crippen LogP contribution in [0.2, 0.25) is 0 Å². The average molecular weight is 325 g/mol. The molecule has 0 spiro atoms. The fourth-order valence-corrected chi connectivity index (χ4v) is 2.31. The summed E-state index contributed by atoms with van der Waals surface area (Å²) in [6, 6.07) is 8.34. The number of nitrogens with one attached hydrogen (secondary N) is 2. The molecule has 0 fully saturated rings. The number of hydrogen-bond donors (Lipinski definition) is 3. The van der Waals surface area contributed by atoms with Crippen LogP contribution in [0, 0.1) is 6.92 Å². The number of carbonyl (C=O) groups is 2. The number of rotatable bonds is 2. The van der Waals surface area contributed by atoms with E-state index in [4.69, 9.17) is 5.73 Å². The molecule has 2 heterocycles. The van der Waals surface area contributed by atoms with Gasteiger partial charge in [0.05, 0.1) is 5.39 Å². The molecule has 0 aliphatic heterocycles. The largest absolute Gasteiger partial charge is 0.382 e. The van der Waals surface area contributed by atoms with Gasteiger partial charge in [-0.05, 0) is 25.1 Å². The molecule has 0 saturated carbocycles. The summed E-state index contributed by atoms with van der Waals surface area (Å²) in [7, 11) is 0. The zero-order valence-corrected chi connectivity index (χ0v) is 13.1. The van der Waals surface area contributed by atoms with Crippen molar-refractivity contribution in [1.29, 1.82) is 0 Å². The monoisotopic (exact) mass is 325 g/mol. The van der Waals surface area contributed by atoms with Gasteiger partial charge in [-0.15, -0.1) is 5.10 Å². The van der Waals surface area contributed by atoms with Crippen LogP contribution in [-0.4, -0.2) is 26.6 Å². The summed E-state index contributed by atoms with van der Waals surface area (Å²) in [5, 5.41) is 6.80. The predicted octanol–water partition coefficient (Wildman–Crippen LogP) is 1.53. The maximum atomic E-state index is 12.2. The van der Waals surface area contributed by atoms with Gasteiger partial charge in [-0.2, -0.15) is 4.68 Å². The minimum absolute atomic E-state index is 0.0304. The summed E-state index contributed by atoms with van der Waals surface area (Å²) < 4.78 is 1.01. The highest BCUT2D eigenvalue weighted by molar-refractivity contribution is 6.05. The van der Waals surface area contributed by atoms with Gasteiger partial charge < -0.3 is 16.0 Å². The predicted molar refractivity (Wildman–Crippen MR) is 90.2 cm³/mol. The van der Waals surface area contributed by atoms with Gasteiger partial charge >= 0.3 is 0 Å². The SMILES string of the molecule is CC(=O)n1nc(N)c2cc(NC(=O)c3ccc(C)cc3)c(=O)[nH]c21. The molecular weight excluding hydrogens is 310 g/mol. The first-order chi connectivity index (χ1) is 11.4. The third-order valence-electron chi connectivity index (χ3n) is 3.58. The molecule has 3 aromatic rings. The highest BCUT2D eigenvalue weighted by atomic mass is 16.2. The zero-order chi connectivity index (χ0) is 17.4. The number of nitrogen functional groups attached to an aromatic ring is 1. The third-order valence-corrected chi connectivity index (χ3v) is 3.58. The van der Waals surface area contributed by atoms with Crippen molar-refractivity contribution in [3.8, 4) is 0 Å². The molecule has 1 amide bonds. The molecule has 0 aliphatic rings. The minimum atomic E-state index is -0.551. The lowest BCUT2D eigenvalue weighted by Gasteiger charge is -2.05. The van der Waals surface area contributed by atoms with Crippen LogP contribution in [0.5, 0.6) is 0 Å². The molecule has 8 heteroatoms. The van der Waals surface area contributed by atoms with Gasteiger partial charge in [0.25, 0.3) is 11.5 Å². The molecule has 0 radical (unpaired) electrons. The minimum Gasteiger partial charge on any atom is -0.382 e. The summed E-state index contributed by atoms with van der Waals surface area (Å²) >= 11 is 0. The Balaban J connectivity index is 2.01. The van der Waals surface area contributed by atoms with Crippen LogP contribution in [0.3, 0.4) is 0 Å². The van der Waals surface area contributed by atoms with Crippen molar-refractivity contribution in [2.45, 2.75) is 13.8 Å². The van der Waals surface area contributed by atoms with Crippen molar-refractivity contribution in [3.63, 3.8) is 0 Å².